The van der Waals surface area contributed by atoms with E-state index in [4.69, 9.17) is 9.47 Å². The number of carbonyl (C=O) groups excluding carboxylic acids is 2. The fraction of sp³-hybridized carbons (Fsp3) is 0.462. The number of urea groups is 1. The molecule has 37 heavy (non-hydrogen) atoms. The van der Waals surface area contributed by atoms with Crippen LogP contribution in [0.5, 0.6) is 5.75 Å². The fourth-order valence-corrected chi connectivity index (χ4v) is 4.81. The number of nitrogens with zero attached hydrogens (tertiary/aromatic N) is 6. The molecule has 3 aromatic rings. The molecule has 0 radical (unpaired) electrons. The lowest BCUT2D eigenvalue weighted by atomic mass is 10.1. The summed E-state index contributed by atoms with van der Waals surface area (Å²) in [7, 11) is 1.56. The summed E-state index contributed by atoms with van der Waals surface area (Å²) in [5, 5.41) is 7.39. The third-order valence-electron chi connectivity index (χ3n) is 6.51. The number of carbonyl (C=O) groups is 2. The molecule has 11 nitrogen and oxygen atoms in total. The van der Waals surface area contributed by atoms with Crippen LogP contribution in [-0.2, 0) is 11.2 Å². The largest absolute Gasteiger partial charge is 0.493 e. The van der Waals surface area contributed by atoms with E-state index in [2.05, 4.69) is 20.3 Å². The van der Waals surface area contributed by atoms with Gasteiger partial charge in [0, 0.05) is 50.2 Å². The van der Waals surface area contributed by atoms with E-state index in [-0.39, 0.29) is 12.1 Å². The molecule has 1 saturated heterocycles. The second-order valence-corrected chi connectivity index (χ2v) is 10.3. The van der Waals surface area contributed by atoms with Gasteiger partial charge in [-0.3, -0.25) is 4.90 Å². The minimum atomic E-state index is -0.516. The zero-order chi connectivity index (χ0) is 26.3. The highest BCUT2D eigenvalue weighted by molar-refractivity contribution is 6.04. The van der Waals surface area contributed by atoms with Crippen LogP contribution in [0.3, 0.4) is 0 Å². The van der Waals surface area contributed by atoms with Crippen LogP contribution in [0.2, 0.25) is 0 Å². The van der Waals surface area contributed by atoms with Crippen molar-refractivity contribution in [1.82, 2.24) is 19.5 Å². The zero-order valence-electron chi connectivity index (χ0n) is 21.9. The molecule has 0 saturated carbocycles. The number of hydrogen-bond donors (Lipinski definition) is 1. The summed E-state index contributed by atoms with van der Waals surface area (Å²) in [5.74, 6) is 1.18. The Balaban J connectivity index is 1.30. The van der Waals surface area contributed by atoms with Crippen molar-refractivity contribution in [3.63, 3.8) is 0 Å². The van der Waals surface area contributed by atoms with Gasteiger partial charge < -0.3 is 24.6 Å². The lowest BCUT2D eigenvalue weighted by molar-refractivity contribution is 0.0240. The molecular weight excluding hydrogens is 474 g/mol. The number of piperazine rings is 1. The molecule has 0 aromatic carbocycles. The first-order chi connectivity index (χ1) is 17.6. The Kier molecular flexibility index (Phi) is 6.30. The number of fused-ring (bicyclic) bond motifs is 2. The van der Waals surface area contributed by atoms with Gasteiger partial charge in [0.1, 0.15) is 11.4 Å². The first kappa shape index (κ1) is 24.7. The average Bonchev–Trinajstić information content (AvgIpc) is 3.44. The summed E-state index contributed by atoms with van der Waals surface area (Å²) < 4.78 is 12.7. The molecule has 1 fully saturated rings. The van der Waals surface area contributed by atoms with Crippen molar-refractivity contribution in [2.45, 2.75) is 39.7 Å². The van der Waals surface area contributed by atoms with E-state index in [0.717, 1.165) is 22.5 Å². The van der Waals surface area contributed by atoms with Gasteiger partial charge in [0.2, 0.25) is 0 Å². The van der Waals surface area contributed by atoms with Crippen LogP contribution in [-0.4, -0.2) is 77.1 Å². The number of anilines is 3. The number of amides is 3. The second kappa shape index (κ2) is 9.45. The van der Waals surface area contributed by atoms with Crippen molar-refractivity contribution >= 4 is 34.8 Å². The average molecular weight is 508 g/mol. The lowest BCUT2D eigenvalue weighted by Crippen LogP contribution is -2.50. The van der Waals surface area contributed by atoms with Crippen molar-refractivity contribution in [1.29, 1.82) is 0 Å². The zero-order valence-corrected chi connectivity index (χ0v) is 21.9. The SMILES string of the molecule is COc1cn2nc(C)cc2cc1NC(=O)N1CCc2c(N3CCN(C(=O)OC(C)(C)C)CC3)ccnc21. The van der Waals surface area contributed by atoms with Crippen LogP contribution in [0.4, 0.5) is 26.8 Å². The molecule has 2 aliphatic rings. The summed E-state index contributed by atoms with van der Waals surface area (Å²) in [5.41, 5.74) is 3.89. The molecule has 0 aliphatic carbocycles. The summed E-state index contributed by atoms with van der Waals surface area (Å²) >= 11 is 0. The van der Waals surface area contributed by atoms with Crippen LogP contribution in [0.25, 0.3) is 5.52 Å². The first-order valence-corrected chi connectivity index (χ1v) is 12.5. The molecule has 3 amide bonds. The monoisotopic (exact) mass is 507 g/mol. The highest BCUT2D eigenvalue weighted by Gasteiger charge is 2.32. The van der Waals surface area contributed by atoms with E-state index in [1.807, 2.05) is 45.9 Å². The van der Waals surface area contributed by atoms with Gasteiger partial charge in [0.25, 0.3) is 0 Å². The van der Waals surface area contributed by atoms with Gasteiger partial charge in [0.15, 0.2) is 5.75 Å². The number of ether oxygens (including phenoxy) is 2. The van der Waals surface area contributed by atoms with E-state index in [1.165, 1.54) is 0 Å². The maximum atomic E-state index is 13.3. The predicted molar refractivity (Wildman–Crippen MR) is 141 cm³/mol. The Labute approximate surface area is 215 Å². The minimum absolute atomic E-state index is 0.267. The van der Waals surface area contributed by atoms with Gasteiger partial charge in [-0.1, -0.05) is 0 Å². The predicted octanol–water partition coefficient (Wildman–Crippen LogP) is 3.70. The Morgan fingerprint density at radius 2 is 1.84 bits per heavy atom. The molecule has 2 aliphatic heterocycles. The molecule has 0 bridgehead atoms. The van der Waals surface area contributed by atoms with Gasteiger partial charge in [-0.05, 0) is 52.3 Å². The topological polar surface area (TPSA) is 105 Å². The number of methoxy groups -OCH3 is 1. The molecule has 5 heterocycles. The molecule has 0 spiro atoms. The van der Waals surface area contributed by atoms with Crippen molar-refractivity contribution < 1.29 is 19.1 Å². The normalized spacial score (nSPS) is 15.6. The number of hydrogen-bond acceptors (Lipinski definition) is 7. The van der Waals surface area contributed by atoms with Crippen LogP contribution in [0.1, 0.15) is 32.0 Å². The third-order valence-corrected chi connectivity index (χ3v) is 6.51. The highest BCUT2D eigenvalue weighted by atomic mass is 16.6. The van der Waals surface area contributed by atoms with E-state index in [1.54, 1.807) is 33.8 Å². The maximum Gasteiger partial charge on any atom is 0.410 e. The van der Waals surface area contributed by atoms with Crippen LogP contribution < -0.4 is 19.9 Å². The van der Waals surface area contributed by atoms with Crippen molar-refractivity contribution in [3.8, 4) is 5.75 Å². The summed E-state index contributed by atoms with van der Waals surface area (Å²) in [4.78, 5) is 36.0. The smallest absolute Gasteiger partial charge is 0.410 e. The number of rotatable bonds is 3. The molecule has 196 valence electrons. The minimum Gasteiger partial charge on any atom is -0.493 e. The quantitative estimate of drug-likeness (QED) is 0.576. The van der Waals surface area contributed by atoms with Crippen molar-refractivity contribution in [2.75, 3.05) is 55.0 Å². The van der Waals surface area contributed by atoms with Gasteiger partial charge >= 0.3 is 12.1 Å². The molecule has 11 heteroatoms. The Bertz CT molecular complexity index is 1340. The summed E-state index contributed by atoms with van der Waals surface area (Å²) in [6.45, 7) is 10.6. The van der Waals surface area contributed by atoms with Crippen LogP contribution >= 0.6 is 0 Å². The fourth-order valence-electron chi connectivity index (χ4n) is 4.81. The highest BCUT2D eigenvalue weighted by Crippen LogP contribution is 2.35. The van der Waals surface area contributed by atoms with E-state index in [9.17, 15) is 9.59 Å². The Morgan fingerprint density at radius 3 is 2.54 bits per heavy atom. The van der Waals surface area contributed by atoms with E-state index < -0.39 is 5.60 Å². The Morgan fingerprint density at radius 1 is 1.08 bits per heavy atom. The molecule has 3 aromatic heterocycles. The summed E-state index contributed by atoms with van der Waals surface area (Å²) in [6.07, 6.45) is 3.91. The maximum absolute atomic E-state index is 13.3. The van der Waals surface area contributed by atoms with Gasteiger partial charge in [-0.2, -0.15) is 5.10 Å². The van der Waals surface area contributed by atoms with Crippen LogP contribution in [0, 0.1) is 6.92 Å². The molecular formula is C26H33N7O4. The molecule has 0 atom stereocenters. The number of aromatic nitrogens is 3. The third kappa shape index (κ3) is 4.98. The second-order valence-electron chi connectivity index (χ2n) is 10.3. The standard InChI is InChI=1S/C26H33N7O4/c1-17-14-18-15-20(22(36-5)16-33(18)29-17)28-24(34)32-9-7-19-21(6-8-27-23(19)32)30-10-12-31(13-11-30)25(35)37-26(2,3)4/h6,8,14-16H,7,9-13H2,1-5H3,(H,28,34). The van der Waals surface area contributed by atoms with Gasteiger partial charge in [-0.25, -0.2) is 19.1 Å². The Hall–Kier alpha value is -4.02. The summed E-state index contributed by atoms with van der Waals surface area (Å²) in [6, 6.07) is 5.51. The van der Waals surface area contributed by atoms with Gasteiger partial charge in [0.05, 0.1) is 30.2 Å². The molecule has 1 N–H and O–H groups in total. The van der Waals surface area contributed by atoms with E-state index >= 15 is 0 Å². The molecule has 5 rings (SSSR count). The van der Waals surface area contributed by atoms with Crippen molar-refractivity contribution in [2.24, 2.45) is 0 Å². The number of nitrogens with one attached hydrogen (secondary N) is 1. The van der Waals surface area contributed by atoms with Crippen molar-refractivity contribution in [3.05, 3.63) is 41.9 Å². The van der Waals surface area contributed by atoms with E-state index in [0.29, 0.717) is 56.4 Å². The van der Waals surface area contributed by atoms with Gasteiger partial charge in [-0.15, -0.1) is 0 Å². The first-order valence-electron chi connectivity index (χ1n) is 12.5. The van der Waals surface area contributed by atoms with Crippen LogP contribution in [0.15, 0.2) is 30.6 Å². The number of aryl methyl sites for hydroxylation is 1. The molecule has 0 unspecified atom stereocenters. The number of pyridine rings is 2. The lowest BCUT2D eigenvalue weighted by Gasteiger charge is -2.37.